The molecule has 0 aromatic heterocycles. The van der Waals surface area contributed by atoms with Gasteiger partial charge >= 0.3 is 0 Å². The number of hydrogen-bond donors (Lipinski definition) is 1. The normalized spacial score (nSPS) is 46.5. The first-order valence-corrected chi connectivity index (χ1v) is 12.3. The molecular weight excluding hydrogens is 388 g/mol. The van der Waals surface area contributed by atoms with E-state index < -0.39 is 26.7 Å². The lowest BCUT2D eigenvalue weighted by Crippen LogP contribution is -2.64. The molecule has 4 rings (SSSR count). The lowest BCUT2D eigenvalue weighted by Gasteiger charge is -2.62. The third-order valence-electron chi connectivity index (χ3n) is 8.83. The van der Waals surface area contributed by atoms with E-state index >= 15 is 0 Å². The molecule has 0 amide bonds. The Morgan fingerprint density at radius 1 is 1.21 bits per heavy atom. The third kappa shape index (κ3) is 2.70. The summed E-state index contributed by atoms with van der Waals surface area (Å²) in [6, 6.07) is 0. The standard InChI is InChI=1S/C23H32O5S/c1-6-22(28-29(5,25)26)12-10-18-19-8-7-16-15-17(27-4)9-11-20(16,2)23(19,24)14-13-21(18,22)3/h1,7,15,18-19,24H,8-14H2,2-5H3/t18-,19-,20-,21-,22-,23+/m0/s1. The van der Waals surface area contributed by atoms with E-state index in [1.807, 2.05) is 0 Å². The molecule has 4 aliphatic carbocycles. The average molecular weight is 421 g/mol. The number of aliphatic hydroxyl groups is 1. The van der Waals surface area contributed by atoms with Crippen LogP contribution in [0.25, 0.3) is 0 Å². The van der Waals surface area contributed by atoms with Crippen LogP contribution in [0.15, 0.2) is 23.5 Å². The second-order valence-electron chi connectivity index (χ2n) is 9.89. The van der Waals surface area contributed by atoms with Gasteiger partial charge in [-0.1, -0.05) is 25.8 Å². The van der Waals surface area contributed by atoms with Gasteiger partial charge in [0, 0.05) is 17.3 Å². The van der Waals surface area contributed by atoms with Crippen LogP contribution in [-0.2, 0) is 19.0 Å². The summed E-state index contributed by atoms with van der Waals surface area (Å²) in [5.41, 5.74) is -1.62. The van der Waals surface area contributed by atoms with Gasteiger partial charge in [-0.05, 0) is 62.0 Å². The molecule has 0 radical (unpaired) electrons. The minimum Gasteiger partial charge on any atom is -0.501 e. The molecule has 4 aliphatic rings. The summed E-state index contributed by atoms with van der Waals surface area (Å²) in [4.78, 5) is 0. The van der Waals surface area contributed by atoms with Gasteiger partial charge in [0.25, 0.3) is 10.1 Å². The molecule has 5 nitrogen and oxygen atoms in total. The van der Waals surface area contributed by atoms with Crippen LogP contribution >= 0.6 is 0 Å². The van der Waals surface area contributed by atoms with Crippen molar-refractivity contribution < 1.29 is 22.4 Å². The summed E-state index contributed by atoms with van der Waals surface area (Å²) in [6.07, 6.45) is 16.2. The van der Waals surface area contributed by atoms with Crippen molar-refractivity contribution in [3.8, 4) is 12.3 Å². The first-order chi connectivity index (χ1) is 13.4. The molecule has 6 atom stereocenters. The second-order valence-corrected chi connectivity index (χ2v) is 11.5. The number of hydrogen-bond acceptors (Lipinski definition) is 5. The predicted octanol–water partition coefficient (Wildman–Crippen LogP) is 3.55. The SMILES string of the molecule is C#C[C@]1(OS(C)(=O)=O)CC[C@H]2[C@@H]3CC=C4C=C(OC)CC[C@]4(C)[C@@]3(O)CC[C@@]21C. The topological polar surface area (TPSA) is 72.8 Å². The van der Waals surface area contributed by atoms with E-state index in [2.05, 4.69) is 31.9 Å². The van der Waals surface area contributed by atoms with Crippen LogP contribution in [0.5, 0.6) is 0 Å². The van der Waals surface area contributed by atoms with Gasteiger partial charge in [0.2, 0.25) is 0 Å². The molecule has 2 saturated carbocycles. The molecule has 0 aromatic carbocycles. The highest BCUT2D eigenvalue weighted by Gasteiger charge is 2.69. The molecule has 0 heterocycles. The zero-order valence-corrected chi connectivity index (χ0v) is 18.6. The molecule has 0 aliphatic heterocycles. The van der Waals surface area contributed by atoms with Crippen LogP contribution in [0.3, 0.4) is 0 Å². The Hall–Kier alpha value is -1.29. The fourth-order valence-corrected chi connectivity index (χ4v) is 7.89. The third-order valence-corrected chi connectivity index (χ3v) is 9.42. The first-order valence-electron chi connectivity index (χ1n) is 10.5. The molecule has 0 unspecified atom stereocenters. The zero-order chi connectivity index (χ0) is 21.3. The molecule has 0 spiro atoms. The van der Waals surface area contributed by atoms with Gasteiger partial charge in [-0.25, -0.2) is 4.18 Å². The van der Waals surface area contributed by atoms with Crippen LogP contribution in [0.4, 0.5) is 0 Å². The van der Waals surface area contributed by atoms with Gasteiger partial charge in [0.15, 0.2) is 5.60 Å². The minimum absolute atomic E-state index is 0.0332. The highest BCUT2D eigenvalue weighted by molar-refractivity contribution is 7.86. The minimum atomic E-state index is -3.69. The molecule has 0 saturated heterocycles. The van der Waals surface area contributed by atoms with Crippen LogP contribution in [0.2, 0.25) is 0 Å². The molecule has 0 aromatic rings. The number of fused-ring (bicyclic) bond motifs is 5. The predicted molar refractivity (Wildman–Crippen MR) is 111 cm³/mol. The van der Waals surface area contributed by atoms with Crippen LogP contribution in [0, 0.1) is 35.0 Å². The Morgan fingerprint density at radius 2 is 1.93 bits per heavy atom. The fourth-order valence-electron chi connectivity index (χ4n) is 7.05. The summed E-state index contributed by atoms with van der Waals surface area (Å²) < 4.78 is 35.1. The molecule has 6 heteroatoms. The average Bonchev–Trinajstić information content (AvgIpc) is 2.93. The maximum atomic E-state index is 12.1. The van der Waals surface area contributed by atoms with Gasteiger partial charge < -0.3 is 9.84 Å². The lowest BCUT2D eigenvalue weighted by molar-refractivity contribution is -0.190. The van der Waals surface area contributed by atoms with Crippen molar-refractivity contribution in [1.29, 1.82) is 0 Å². The van der Waals surface area contributed by atoms with Crippen molar-refractivity contribution in [2.45, 2.75) is 70.0 Å². The number of allylic oxidation sites excluding steroid dienone is 3. The smallest absolute Gasteiger partial charge is 0.265 e. The first kappa shape index (κ1) is 21.0. The monoisotopic (exact) mass is 420 g/mol. The van der Waals surface area contributed by atoms with Crippen molar-refractivity contribution in [3.63, 3.8) is 0 Å². The summed E-state index contributed by atoms with van der Waals surface area (Å²) in [7, 11) is -1.99. The fraction of sp³-hybridized carbons (Fsp3) is 0.739. The summed E-state index contributed by atoms with van der Waals surface area (Å²) >= 11 is 0. The Labute approximate surface area is 174 Å². The lowest BCUT2D eigenvalue weighted by atomic mass is 9.45. The van der Waals surface area contributed by atoms with E-state index in [1.165, 1.54) is 0 Å². The van der Waals surface area contributed by atoms with Gasteiger partial charge in [-0.15, -0.1) is 6.42 Å². The van der Waals surface area contributed by atoms with E-state index in [-0.39, 0.29) is 17.3 Å². The Balaban J connectivity index is 1.76. The van der Waals surface area contributed by atoms with Crippen molar-refractivity contribution in [2.75, 3.05) is 13.4 Å². The van der Waals surface area contributed by atoms with Crippen molar-refractivity contribution in [3.05, 3.63) is 23.5 Å². The van der Waals surface area contributed by atoms with Gasteiger partial charge in [0.1, 0.15) is 0 Å². The van der Waals surface area contributed by atoms with Crippen molar-refractivity contribution in [2.24, 2.45) is 22.7 Å². The van der Waals surface area contributed by atoms with E-state index in [9.17, 15) is 13.5 Å². The van der Waals surface area contributed by atoms with Crippen LogP contribution in [-0.4, -0.2) is 38.1 Å². The molecule has 2 fully saturated rings. The van der Waals surface area contributed by atoms with Crippen molar-refractivity contribution >= 4 is 10.1 Å². The summed E-state index contributed by atoms with van der Waals surface area (Å²) in [5, 5.41) is 12.1. The highest BCUT2D eigenvalue weighted by atomic mass is 32.2. The van der Waals surface area contributed by atoms with Crippen LogP contribution in [0.1, 0.15) is 58.8 Å². The second kappa shape index (κ2) is 6.35. The zero-order valence-electron chi connectivity index (χ0n) is 17.8. The Bertz CT molecular complexity index is 927. The molecule has 1 N–H and O–H groups in total. The summed E-state index contributed by atoms with van der Waals surface area (Å²) in [5.74, 6) is 3.85. The molecular formula is C23H32O5S. The quantitative estimate of drug-likeness (QED) is 0.558. The summed E-state index contributed by atoms with van der Waals surface area (Å²) in [6.45, 7) is 4.24. The largest absolute Gasteiger partial charge is 0.501 e. The van der Waals surface area contributed by atoms with E-state index in [4.69, 9.17) is 15.3 Å². The van der Waals surface area contributed by atoms with Gasteiger partial charge in [-0.3, -0.25) is 0 Å². The molecule has 160 valence electrons. The Morgan fingerprint density at radius 3 is 2.55 bits per heavy atom. The maximum absolute atomic E-state index is 12.1. The number of ether oxygens (including phenoxy) is 1. The highest BCUT2D eigenvalue weighted by Crippen LogP contribution is 2.69. The number of methoxy groups -OCH3 is 1. The number of rotatable bonds is 3. The van der Waals surface area contributed by atoms with Crippen molar-refractivity contribution in [1.82, 2.24) is 0 Å². The van der Waals surface area contributed by atoms with E-state index in [0.717, 1.165) is 43.3 Å². The maximum Gasteiger partial charge on any atom is 0.265 e. The molecule has 29 heavy (non-hydrogen) atoms. The Kier molecular flexibility index (Phi) is 4.59. The van der Waals surface area contributed by atoms with Gasteiger partial charge in [-0.2, -0.15) is 8.42 Å². The van der Waals surface area contributed by atoms with E-state index in [1.54, 1.807) is 7.11 Å². The molecule has 0 bridgehead atoms. The number of terminal acetylenes is 1. The van der Waals surface area contributed by atoms with Crippen LogP contribution < -0.4 is 0 Å². The van der Waals surface area contributed by atoms with E-state index in [0.29, 0.717) is 19.3 Å². The van der Waals surface area contributed by atoms with Gasteiger partial charge in [0.05, 0.1) is 24.7 Å².